The van der Waals surface area contributed by atoms with Crippen LogP contribution in [0.3, 0.4) is 0 Å². The van der Waals surface area contributed by atoms with Crippen molar-refractivity contribution in [1.82, 2.24) is 9.97 Å². The number of oxime groups is 1. The molecule has 0 saturated carbocycles. The number of carbonyl (C=O) groups is 1. The lowest BCUT2D eigenvalue weighted by Crippen LogP contribution is -2.20. The van der Waals surface area contributed by atoms with Gasteiger partial charge in [0.1, 0.15) is 18.7 Å². The SMILES string of the molecule is N/C(COc1cccc(NC(=O)c2cncnc2)c1)=N/O. The Balaban J connectivity index is 2.02. The molecule has 0 radical (unpaired) electrons. The molecule has 0 atom stereocenters. The predicted molar refractivity (Wildman–Crippen MR) is 75.3 cm³/mol. The number of anilines is 1. The Hall–Kier alpha value is -3.16. The highest BCUT2D eigenvalue weighted by Gasteiger charge is 2.07. The van der Waals surface area contributed by atoms with Gasteiger partial charge in [0.2, 0.25) is 0 Å². The summed E-state index contributed by atoms with van der Waals surface area (Å²) in [6.45, 7) is -0.0551. The second-order valence-corrected chi connectivity index (χ2v) is 3.99. The van der Waals surface area contributed by atoms with E-state index in [0.29, 0.717) is 17.0 Å². The summed E-state index contributed by atoms with van der Waals surface area (Å²) in [5, 5.41) is 13.9. The fourth-order valence-corrected chi connectivity index (χ4v) is 1.47. The first kappa shape index (κ1) is 14.3. The summed E-state index contributed by atoms with van der Waals surface area (Å²) in [6.07, 6.45) is 4.18. The van der Waals surface area contributed by atoms with Crippen LogP contribution in [0.5, 0.6) is 5.75 Å². The first-order chi connectivity index (χ1) is 10.2. The Kier molecular flexibility index (Phi) is 4.65. The summed E-state index contributed by atoms with van der Waals surface area (Å²) in [5.74, 6) is 0.0961. The van der Waals surface area contributed by atoms with Gasteiger partial charge in [-0.3, -0.25) is 4.79 Å². The third-order valence-corrected chi connectivity index (χ3v) is 2.43. The van der Waals surface area contributed by atoms with E-state index in [1.54, 1.807) is 24.3 Å². The lowest BCUT2D eigenvalue weighted by molar-refractivity contribution is 0.102. The number of nitrogens with two attached hydrogens (primary N) is 1. The average Bonchev–Trinajstić information content (AvgIpc) is 2.53. The molecule has 2 aromatic rings. The third kappa shape index (κ3) is 4.16. The summed E-state index contributed by atoms with van der Waals surface area (Å²) >= 11 is 0. The molecule has 0 aliphatic carbocycles. The minimum atomic E-state index is -0.329. The van der Waals surface area contributed by atoms with Crippen LogP contribution in [0, 0.1) is 0 Å². The molecule has 2 rings (SSSR count). The molecule has 0 unspecified atom stereocenters. The molecule has 1 aromatic heterocycles. The first-order valence-corrected chi connectivity index (χ1v) is 5.94. The zero-order valence-corrected chi connectivity index (χ0v) is 10.9. The zero-order chi connectivity index (χ0) is 15.1. The molecule has 0 saturated heterocycles. The van der Waals surface area contributed by atoms with E-state index in [4.69, 9.17) is 15.7 Å². The smallest absolute Gasteiger partial charge is 0.258 e. The van der Waals surface area contributed by atoms with Gasteiger partial charge in [0, 0.05) is 24.1 Å². The van der Waals surface area contributed by atoms with E-state index < -0.39 is 0 Å². The van der Waals surface area contributed by atoms with Crippen molar-refractivity contribution in [2.75, 3.05) is 11.9 Å². The number of carbonyl (C=O) groups excluding carboxylic acids is 1. The summed E-state index contributed by atoms with van der Waals surface area (Å²) in [4.78, 5) is 19.5. The number of aromatic nitrogens is 2. The molecule has 0 aliphatic rings. The Morgan fingerprint density at radius 2 is 2.14 bits per heavy atom. The minimum absolute atomic E-state index is 0.0501. The van der Waals surface area contributed by atoms with Gasteiger partial charge in [-0.2, -0.15) is 0 Å². The van der Waals surface area contributed by atoms with Crippen LogP contribution in [0.2, 0.25) is 0 Å². The quantitative estimate of drug-likeness (QED) is 0.324. The van der Waals surface area contributed by atoms with Crippen LogP contribution in [0.4, 0.5) is 5.69 Å². The molecule has 8 nitrogen and oxygen atoms in total. The van der Waals surface area contributed by atoms with Crippen molar-refractivity contribution in [3.05, 3.63) is 48.5 Å². The molecule has 108 valence electrons. The maximum Gasteiger partial charge on any atom is 0.258 e. The van der Waals surface area contributed by atoms with Gasteiger partial charge in [-0.25, -0.2) is 9.97 Å². The van der Waals surface area contributed by atoms with Gasteiger partial charge in [-0.15, -0.1) is 0 Å². The van der Waals surface area contributed by atoms with Crippen LogP contribution in [0.25, 0.3) is 0 Å². The maximum absolute atomic E-state index is 11.9. The van der Waals surface area contributed by atoms with Crippen molar-refractivity contribution in [2.24, 2.45) is 10.9 Å². The molecule has 0 bridgehead atoms. The number of ether oxygens (including phenoxy) is 1. The number of nitrogens with one attached hydrogen (secondary N) is 1. The molecular formula is C13H13N5O3. The first-order valence-electron chi connectivity index (χ1n) is 5.94. The van der Waals surface area contributed by atoms with Gasteiger partial charge >= 0.3 is 0 Å². The van der Waals surface area contributed by atoms with E-state index in [-0.39, 0.29) is 18.3 Å². The lowest BCUT2D eigenvalue weighted by Gasteiger charge is -2.08. The number of rotatable bonds is 5. The summed E-state index contributed by atoms with van der Waals surface area (Å²) in [7, 11) is 0. The summed E-state index contributed by atoms with van der Waals surface area (Å²) in [6, 6.07) is 6.72. The number of hydrogen-bond acceptors (Lipinski definition) is 6. The highest BCUT2D eigenvalue weighted by atomic mass is 16.5. The lowest BCUT2D eigenvalue weighted by atomic mass is 10.2. The van der Waals surface area contributed by atoms with Crippen LogP contribution in [0.1, 0.15) is 10.4 Å². The van der Waals surface area contributed by atoms with Crippen LogP contribution in [-0.4, -0.2) is 33.5 Å². The number of benzene rings is 1. The fourth-order valence-electron chi connectivity index (χ4n) is 1.47. The second kappa shape index (κ2) is 6.85. The number of hydrogen-bond donors (Lipinski definition) is 3. The highest BCUT2D eigenvalue weighted by Crippen LogP contribution is 2.17. The van der Waals surface area contributed by atoms with E-state index >= 15 is 0 Å². The van der Waals surface area contributed by atoms with Crippen molar-refractivity contribution in [1.29, 1.82) is 0 Å². The van der Waals surface area contributed by atoms with Crippen molar-refractivity contribution < 1.29 is 14.7 Å². The van der Waals surface area contributed by atoms with Crippen molar-refractivity contribution in [3.63, 3.8) is 0 Å². The Morgan fingerprint density at radius 3 is 2.86 bits per heavy atom. The van der Waals surface area contributed by atoms with Gasteiger partial charge in [-0.1, -0.05) is 11.2 Å². The molecule has 0 spiro atoms. The van der Waals surface area contributed by atoms with Gasteiger partial charge < -0.3 is 21.0 Å². The molecular weight excluding hydrogens is 274 g/mol. The van der Waals surface area contributed by atoms with Crippen molar-refractivity contribution >= 4 is 17.4 Å². The largest absolute Gasteiger partial charge is 0.485 e. The fraction of sp³-hybridized carbons (Fsp3) is 0.0769. The molecule has 1 heterocycles. The van der Waals surface area contributed by atoms with E-state index in [0.717, 1.165) is 0 Å². The highest BCUT2D eigenvalue weighted by molar-refractivity contribution is 6.03. The molecule has 4 N–H and O–H groups in total. The zero-order valence-electron chi connectivity index (χ0n) is 10.9. The Bertz CT molecular complexity index is 645. The number of nitrogens with zero attached hydrogens (tertiary/aromatic N) is 3. The van der Waals surface area contributed by atoms with Crippen molar-refractivity contribution in [3.8, 4) is 5.75 Å². The molecule has 8 heteroatoms. The van der Waals surface area contributed by atoms with Gasteiger partial charge in [-0.05, 0) is 12.1 Å². The van der Waals surface area contributed by atoms with Gasteiger partial charge in [0.25, 0.3) is 5.91 Å². The van der Waals surface area contributed by atoms with E-state index in [1.165, 1.54) is 18.7 Å². The topological polar surface area (TPSA) is 123 Å². The normalized spacial score (nSPS) is 11.0. The van der Waals surface area contributed by atoms with Crippen LogP contribution in [-0.2, 0) is 0 Å². The van der Waals surface area contributed by atoms with Crippen LogP contribution in [0.15, 0.2) is 48.1 Å². The standard InChI is InChI=1S/C13H13N5O3/c14-12(18-20)7-21-11-3-1-2-10(4-11)17-13(19)9-5-15-8-16-6-9/h1-6,8,20H,7H2,(H2,14,18)(H,17,19). The number of amides is 1. The van der Waals surface area contributed by atoms with Gasteiger partial charge in [0.15, 0.2) is 5.84 Å². The molecule has 21 heavy (non-hydrogen) atoms. The maximum atomic E-state index is 11.9. The third-order valence-electron chi connectivity index (χ3n) is 2.43. The van der Waals surface area contributed by atoms with E-state index in [1.807, 2.05) is 0 Å². The van der Waals surface area contributed by atoms with Crippen LogP contribution >= 0.6 is 0 Å². The summed E-state index contributed by atoms with van der Waals surface area (Å²) < 4.78 is 5.29. The minimum Gasteiger partial charge on any atom is -0.485 e. The Labute approximate surface area is 120 Å². The molecule has 1 amide bonds. The monoisotopic (exact) mass is 287 g/mol. The Morgan fingerprint density at radius 1 is 1.38 bits per heavy atom. The van der Waals surface area contributed by atoms with Crippen LogP contribution < -0.4 is 15.8 Å². The average molecular weight is 287 g/mol. The predicted octanol–water partition coefficient (Wildman–Crippen LogP) is 0.854. The number of amidine groups is 1. The molecule has 0 aliphatic heterocycles. The van der Waals surface area contributed by atoms with E-state index in [9.17, 15) is 4.79 Å². The van der Waals surface area contributed by atoms with Gasteiger partial charge in [0.05, 0.1) is 5.56 Å². The molecule has 0 fully saturated rings. The molecule has 1 aromatic carbocycles. The van der Waals surface area contributed by atoms with Crippen molar-refractivity contribution in [2.45, 2.75) is 0 Å². The summed E-state index contributed by atoms with van der Waals surface area (Å²) in [5.41, 5.74) is 6.20. The second-order valence-electron chi connectivity index (χ2n) is 3.99. The van der Waals surface area contributed by atoms with E-state index in [2.05, 4.69) is 20.4 Å².